The minimum absolute atomic E-state index is 0.785. The number of nitrogens with zero attached hydrogens (tertiary/aromatic N) is 1. The van der Waals surface area contributed by atoms with Gasteiger partial charge in [-0.1, -0.05) is 53.6 Å². The molecule has 0 saturated carbocycles. The fourth-order valence-corrected chi connectivity index (χ4v) is 3.34. The van der Waals surface area contributed by atoms with Crippen LogP contribution in [-0.4, -0.2) is 11.5 Å². The molecule has 0 aliphatic heterocycles. The van der Waals surface area contributed by atoms with Crippen LogP contribution in [0.1, 0.15) is 16.1 Å². The van der Waals surface area contributed by atoms with Gasteiger partial charge in [-0.2, -0.15) is 0 Å². The average Bonchev–Trinajstić information content (AvgIpc) is 3.03. The number of nitrogens with one attached hydrogen (secondary N) is 1. The molecule has 3 aromatic rings. The topological polar surface area (TPSA) is 24.9 Å². The van der Waals surface area contributed by atoms with E-state index in [0.29, 0.717) is 0 Å². The van der Waals surface area contributed by atoms with Crippen molar-refractivity contribution in [1.29, 1.82) is 0 Å². The van der Waals surface area contributed by atoms with Gasteiger partial charge in [0.25, 0.3) is 0 Å². The number of thiazole rings is 1. The molecular weight excluding hydrogens is 324 g/mol. The zero-order chi connectivity index (χ0) is 16.1. The van der Waals surface area contributed by atoms with Gasteiger partial charge in [0.2, 0.25) is 0 Å². The van der Waals surface area contributed by atoms with Gasteiger partial charge < -0.3 is 5.32 Å². The summed E-state index contributed by atoms with van der Waals surface area (Å²) < 4.78 is 0. The third-order valence-corrected chi connectivity index (χ3v) is 4.97. The predicted octanol–water partition coefficient (Wildman–Crippen LogP) is 5.10. The molecule has 118 valence electrons. The van der Waals surface area contributed by atoms with Gasteiger partial charge in [-0.05, 0) is 43.1 Å². The van der Waals surface area contributed by atoms with E-state index in [1.54, 1.807) is 11.3 Å². The Labute approximate surface area is 146 Å². The van der Waals surface area contributed by atoms with E-state index in [1.165, 1.54) is 21.6 Å². The van der Waals surface area contributed by atoms with E-state index in [4.69, 9.17) is 11.6 Å². The summed E-state index contributed by atoms with van der Waals surface area (Å²) in [7, 11) is 0. The third kappa shape index (κ3) is 4.64. The first-order valence-electron chi connectivity index (χ1n) is 7.67. The molecule has 1 aromatic heterocycles. The van der Waals surface area contributed by atoms with Crippen molar-refractivity contribution in [3.8, 4) is 10.4 Å². The number of hydrogen-bond acceptors (Lipinski definition) is 3. The molecular formula is C19H19ClN2S. The van der Waals surface area contributed by atoms with Crippen LogP contribution in [-0.2, 0) is 13.0 Å². The Morgan fingerprint density at radius 2 is 1.78 bits per heavy atom. The van der Waals surface area contributed by atoms with E-state index >= 15 is 0 Å². The first kappa shape index (κ1) is 16.2. The molecule has 0 atom stereocenters. The summed E-state index contributed by atoms with van der Waals surface area (Å²) in [5.74, 6) is 0. The number of hydrogen-bond donors (Lipinski definition) is 1. The summed E-state index contributed by atoms with van der Waals surface area (Å²) in [6.07, 6.45) is 2.96. The molecule has 2 nitrogen and oxygen atoms in total. The maximum Gasteiger partial charge on any atom is 0.107 e. The Morgan fingerprint density at radius 1 is 1.04 bits per heavy atom. The highest BCUT2D eigenvalue weighted by Gasteiger charge is 2.04. The maximum atomic E-state index is 5.89. The minimum Gasteiger partial charge on any atom is -0.310 e. The zero-order valence-corrected chi connectivity index (χ0v) is 14.6. The van der Waals surface area contributed by atoms with Crippen LogP contribution in [0.5, 0.6) is 0 Å². The van der Waals surface area contributed by atoms with Crippen LogP contribution in [0.15, 0.2) is 54.7 Å². The highest BCUT2D eigenvalue weighted by Crippen LogP contribution is 2.26. The van der Waals surface area contributed by atoms with Crippen molar-refractivity contribution in [1.82, 2.24) is 10.3 Å². The van der Waals surface area contributed by atoms with Gasteiger partial charge in [0.15, 0.2) is 0 Å². The van der Waals surface area contributed by atoms with Crippen molar-refractivity contribution in [2.45, 2.75) is 19.9 Å². The van der Waals surface area contributed by atoms with E-state index in [2.05, 4.69) is 53.6 Å². The Kier molecular flexibility index (Phi) is 5.44. The van der Waals surface area contributed by atoms with Crippen molar-refractivity contribution < 1.29 is 0 Å². The number of halogens is 1. The minimum atomic E-state index is 0.785. The SMILES string of the molecule is Cc1ccc(-c2cnc(CNCCc3ccc(Cl)cc3)s2)cc1. The molecule has 23 heavy (non-hydrogen) atoms. The van der Waals surface area contributed by atoms with Crippen LogP contribution in [0.3, 0.4) is 0 Å². The molecule has 0 unspecified atom stereocenters. The number of aryl methyl sites for hydroxylation is 1. The zero-order valence-electron chi connectivity index (χ0n) is 13.1. The molecule has 2 aromatic carbocycles. The van der Waals surface area contributed by atoms with Crippen molar-refractivity contribution in [3.63, 3.8) is 0 Å². The van der Waals surface area contributed by atoms with Crippen LogP contribution in [0.4, 0.5) is 0 Å². The van der Waals surface area contributed by atoms with Gasteiger partial charge in [0, 0.05) is 17.8 Å². The quantitative estimate of drug-likeness (QED) is 0.630. The Bertz CT molecular complexity index is 748. The molecule has 0 spiro atoms. The molecule has 1 heterocycles. The van der Waals surface area contributed by atoms with Gasteiger partial charge in [-0.15, -0.1) is 11.3 Å². The fourth-order valence-electron chi connectivity index (χ4n) is 2.32. The van der Waals surface area contributed by atoms with Gasteiger partial charge in [-0.3, -0.25) is 0 Å². The second kappa shape index (κ2) is 7.73. The monoisotopic (exact) mass is 342 g/mol. The Morgan fingerprint density at radius 3 is 2.52 bits per heavy atom. The van der Waals surface area contributed by atoms with Crippen molar-refractivity contribution in [3.05, 3.63) is 75.9 Å². The summed E-state index contributed by atoms with van der Waals surface area (Å²) in [5, 5.41) is 5.36. The lowest BCUT2D eigenvalue weighted by atomic mass is 10.1. The normalized spacial score (nSPS) is 10.9. The average molecular weight is 343 g/mol. The van der Waals surface area contributed by atoms with E-state index < -0.39 is 0 Å². The van der Waals surface area contributed by atoms with Crippen LogP contribution in [0.2, 0.25) is 5.02 Å². The third-order valence-electron chi connectivity index (χ3n) is 3.67. The summed E-state index contributed by atoms with van der Waals surface area (Å²) >= 11 is 7.64. The summed E-state index contributed by atoms with van der Waals surface area (Å²) in [5.41, 5.74) is 3.81. The van der Waals surface area contributed by atoms with E-state index in [1.807, 2.05) is 18.3 Å². The fraction of sp³-hybridized carbons (Fsp3) is 0.211. The molecule has 0 amide bonds. The lowest BCUT2D eigenvalue weighted by Crippen LogP contribution is -2.16. The molecule has 0 saturated heterocycles. The van der Waals surface area contributed by atoms with E-state index in [0.717, 1.165) is 29.5 Å². The summed E-state index contributed by atoms with van der Waals surface area (Å²) in [4.78, 5) is 5.73. The standard InChI is InChI=1S/C19H19ClN2S/c1-14-2-6-16(7-3-14)18-12-22-19(23-18)13-21-11-10-15-4-8-17(20)9-5-15/h2-9,12,21H,10-11,13H2,1H3. The van der Waals surface area contributed by atoms with Crippen molar-refractivity contribution >= 4 is 22.9 Å². The van der Waals surface area contributed by atoms with Gasteiger partial charge >= 0.3 is 0 Å². The smallest absolute Gasteiger partial charge is 0.107 e. The first-order valence-corrected chi connectivity index (χ1v) is 8.87. The molecule has 0 aliphatic rings. The van der Waals surface area contributed by atoms with Crippen molar-refractivity contribution in [2.24, 2.45) is 0 Å². The van der Waals surface area contributed by atoms with Crippen LogP contribution >= 0.6 is 22.9 Å². The first-order chi connectivity index (χ1) is 11.2. The van der Waals surface area contributed by atoms with Gasteiger partial charge in [0.05, 0.1) is 4.88 Å². The van der Waals surface area contributed by atoms with E-state index in [-0.39, 0.29) is 0 Å². The summed E-state index contributed by atoms with van der Waals surface area (Å²) in [6, 6.07) is 16.6. The van der Waals surface area contributed by atoms with Gasteiger partial charge in [-0.25, -0.2) is 4.98 Å². The second-order valence-electron chi connectivity index (χ2n) is 5.54. The second-order valence-corrected chi connectivity index (χ2v) is 7.09. The Hall–Kier alpha value is -1.68. The molecule has 0 bridgehead atoms. The van der Waals surface area contributed by atoms with E-state index in [9.17, 15) is 0 Å². The number of benzene rings is 2. The number of rotatable bonds is 6. The molecule has 0 radical (unpaired) electrons. The lowest BCUT2D eigenvalue weighted by Gasteiger charge is -2.03. The highest BCUT2D eigenvalue weighted by atomic mass is 35.5. The number of aromatic nitrogens is 1. The van der Waals surface area contributed by atoms with Crippen LogP contribution in [0.25, 0.3) is 10.4 Å². The Balaban J connectivity index is 1.49. The maximum absolute atomic E-state index is 5.89. The van der Waals surface area contributed by atoms with Crippen LogP contribution in [0, 0.1) is 6.92 Å². The molecule has 0 fully saturated rings. The highest BCUT2D eigenvalue weighted by molar-refractivity contribution is 7.15. The van der Waals surface area contributed by atoms with Crippen LogP contribution < -0.4 is 5.32 Å². The molecule has 0 aliphatic carbocycles. The van der Waals surface area contributed by atoms with Gasteiger partial charge in [0.1, 0.15) is 5.01 Å². The predicted molar refractivity (Wildman–Crippen MR) is 99.1 cm³/mol. The molecule has 4 heteroatoms. The summed E-state index contributed by atoms with van der Waals surface area (Å²) in [6.45, 7) is 3.84. The molecule has 1 N–H and O–H groups in total. The lowest BCUT2D eigenvalue weighted by molar-refractivity contribution is 0.684. The van der Waals surface area contributed by atoms with Crippen molar-refractivity contribution in [2.75, 3.05) is 6.54 Å². The largest absolute Gasteiger partial charge is 0.310 e. The molecule has 3 rings (SSSR count).